The SMILES string of the molecule is CCN(CC)c1nc(C)cc(Nc2cccc(Br)c2)n1. The summed E-state index contributed by atoms with van der Waals surface area (Å²) in [6, 6.07) is 9.98. The molecule has 4 nitrogen and oxygen atoms in total. The van der Waals surface area contributed by atoms with Crippen LogP contribution < -0.4 is 10.2 Å². The highest BCUT2D eigenvalue weighted by atomic mass is 79.9. The van der Waals surface area contributed by atoms with Gasteiger partial charge in [0.15, 0.2) is 0 Å². The number of nitrogens with zero attached hydrogens (tertiary/aromatic N) is 3. The molecule has 0 bridgehead atoms. The first-order valence-electron chi connectivity index (χ1n) is 6.75. The summed E-state index contributed by atoms with van der Waals surface area (Å²) < 4.78 is 1.04. The Balaban J connectivity index is 2.28. The van der Waals surface area contributed by atoms with E-state index in [4.69, 9.17) is 0 Å². The topological polar surface area (TPSA) is 41.1 Å². The summed E-state index contributed by atoms with van der Waals surface area (Å²) in [7, 11) is 0. The van der Waals surface area contributed by atoms with Crippen molar-refractivity contribution in [3.63, 3.8) is 0 Å². The van der Waals surface area contributed by atoms with E-state index in [1.54, 1.807) is 0 Å². The van der Waals surface area contributed by atoms with Gasteiger partial charge in [0.2, 0.25) is 5.95 Å². The molecule has 20 heavy (non-hydrogen) atoms. The van der Waals surface area contributed by atoms with E-state index in [1.807, 2.05) is 37.3 Å². The molecule has 0 saturated heterocycles. The minimum atomic E-state index is 0.771. The van der Waals surface area contributed by atoms with Crippen molar-refractivity contribution in [2.45, 2.75) is 20.8 Å². The van der Waals surface area contributed by atoms with Crippen molar-refractivity contribution in [2.75, 3.05) is 23.3 Å². The zero-order valence-corrected chi connectivity index (χ0v) is 13.6. The van der Waals surface area contributed by atoms with Crippen molar-refractivity contribution in [1.82, 2.24) is 9.97 Å². The molecule has 5 heteroatoms. The Bertz CT molecular complexity index is 582. The minimum Gasteiger partial charge on any atom is -0.341 e. The summed E-state index contributed by atoms with van der Waals surface area (Å²) in [6.45, 7) is 8.00. The second kappa shape index (κ2) is 6.70. The van der Waals surface area contributed by atoms with Crippen molar-refractivity contribution >= 4 is 33.4 Å². The highest BCUT2D eigenvalue weighted by Crippen LogP contribution is 2.21. The van der Waals surface area contributed by atoms with Gasteiger partial charge in [0.05, 0.1) is 0 Å². The van der Waals surface area contributed by atoms with Crippen LogP contribution in [0, 0.1) is 6.92 Å². The van der Waals surface area contributed by atoms with Gasteiger partial charge >= 0.3 is 0 Å². The van der Waals surface area contributed by atoms with Crippen LogP contribution in [0.15, 0.2) is 34.8 Å². The van der Waals surface area contributed by atoms with E-state index in [1.165, 1.54) is 0 Å². The summed E-state index contributed by atoms with van der Waals surface area (Å²) in [5.41, 5.74) is 1.96. The van der Waals surface area contributed by atoms with E-state index in [0.29, 0.717) is 0 Å². The van der Waals surface area contributed by atoms with Gasteiger partial charge in [0, 0.05) is 35.0 Å². The van der Waals surface area contributed by atoms with E-state index in [0.717, 1.165) is 40.7 Å². The number of hydrogen-bond acceptors (Lipinski definition) is 4. The maximum atomic E-state index is 4.59. The Morgan fingerprint density at radius 3 is 2.55 bits per heavy atom. The number of anilines is 3. The molecule has 0 unspecified atom stereocenters. The molecule has 0 atom stereocenters. The van der Waals surface area contributed by atoms with Gasteiger partial charge in [-0.15, -0.1) is 0 Å². The van der Waals surface area contributed by atoms with E-state index in [-0.39, 0.29) is 0 Å². The van der Waals surface area contributed by atoms with Crippen molar-refractivity contribution in [3.05, 3.63) is 40.5 Å². The lowest BCUT2D eigenvalue weighted by Crippen LogP contribution is -2.24. The molecule has 1 N–H and O–H groups in total. The van der Waals surface area contributed by atoms with Crippen molar-refractivity contribution in [2.24, 2.45) is 0 Å². The second-order valence-corrected chi connectivity index (χ2v) is 5.42. The van der Waals surface area contributed by atoms with Gasteiger partial charge in [-0.2, -0.15) is 4.98 Å². The van der Waals surface area contributed by atoms with Crippen LogP contribution in [0.2, 0.25) is 0 Å². The van der Waals surface area contributed by atoms with E-state index in [2.05, 4.69) is 50.0 Å². The van der Waals surface area contributed by atoms with Crippen LogP contribution in [0.25, 0.3) is 0 Å². The second-order valence-electron chi connectivity index (χ2n) is 4.50. The van der Waals surface area contributed by atoms with Gasteiger partial charge in [-0.05, 0) is 39.0 Å². The normalized spacial score (nSPS) is 10.4. The van der Waals surface area contributed by atoms with Gasteiger partial charge in [0.25, 0.3) is 0 Å². The summed E-state index contributed by atoms with van der Waals surface area (Å²) in [6.07, 6.45) is 0. The van der Waals surface area contributed by atoms with E-state index in [9.17, 15) is 0 Å². The quantitative estimate of drug-likeness (QED) is 0.892. The zero-order valence-electron chi connectivity index (χ0n) is 12.0. The van der Waals surface area contributed by atoms with Crippen LogP contribution >= 0.6 is 15.9 Å². The van der Waals surface area contributed by atoms with Gasteiger partial charge in [-0.3, -0.25) is 0 Å². The van der Waals surface area contributed by atoms with Gasteiger partial charge < -0.3 is 10.2 Å². The highest BCUT2D eigenvalue weighted by Gasteiger charge is 2.08. The number of aryl methyl sites for hydroxylation is 1. The number of rotatable bonds is 5. The molecule has 2 aromatic rings. The summed E-state index contributed by atoms with van der Waals surface area (Å²) in [5.74, 6) is 1.59. The first-order chi connectivity index (χ1) is 9.62. The van der Waals surface area contributed by atoms with Crippen LogP contribution in [0.5, 0.6) is 0 Å². The predicted molar refractivity (Wildman–Crippen MR) is 87.8 cm³/mol. The van der Waals surface area contributed by atoms with Crippen LogP contribution in [-0.2, 0) is 0 Å². The monoisotopic (exact) mass is 334 g/mol. The Kier molecular flexibility index (Phi) is 4.95. The number of hydrogen-bond donors (Lipinski definition) is 1. The van der Waals surface area contributed by atoms with Crippen molar-refractivity contribution < 1.29 is 0 Å². The molecule has 0 spiro atoms. The molecular weight excluding hydrogens is 316 g/mol. The molecule has 0 radical (unpaired) electrons. The number of benzene rings is 1. The minimum absolute atomic E-state index is 0.771. The Labute approximate surface area is 128 Å². The van der Waals surface area contributed by atoms with Crippen LogP contribution in [-0.4, -0.2) is 23.1 Å². The molecule has 0 amide bonds. The predicted octanol–water partition coefficient (Wildman–Crippen LogP) is 4.14. The fourth-order valence-electron chi connectivity index (χ4n) is 1.98. The third-order valence-electron chi connectivity index (χ3n) is 2.99. The lowest BCUT2D eigenvalue weighted by Gasteiger charge is -2.19. The summed E-state index contributed by atoms with van der Waals surface area (Å²) >= 11 is 3.47. The smallest absolute Gasteiger partial charge is 0.227 e. The summed E-state index contributed by atoms with van der Waals surface area (Å²) in [4.78, 5) is 11.2. The van der Waals surface area contributed by atoms with Crippen LogP contribution in [0.4, 0.5) is 17.5 Å². The Morgan fingerprint density at radius 1 is 1.15 bits per heavy atom. The molecule has 0 aliphatic carbocycles. The molecule has 0 saturated carbocycles. The molecule has 0 aliphatic heterocycles. The lowest BCUT2D eigenvalue weighted by atomic mass is 10.3. The molecule has 1 aromatic heterocycles. The Morgan fingerprint density at radius 2 is 1.90 bits per heavy atom. The highest BCUT2D eigenvalue weighted by molar-refractivity contribution is 9.10. The van der Waals surface area contributed by atoms with Crippen LogP contribution in [0.3, 0.4) is 0 Å². The zero-order chi connectivity index (χ0) is 14.5. The maximum absolute atomic E-state index is 4.59. The average Bonchev–Trinajstić information content (AvgIpc) is 2.39. The van der Waals surface area contributed by atoms with Crippen LogP contribution in [0.1, 0.15) is 19.5 Å². The van der Waals surface area contributed by atoms with E-state index >= 15 is 0 Å². The molecule has 1 heterocycles. The third kappa shape index (κ3) is 3.70. The lowest BCUT2D eigenvalue weighted by molar-refractivity contribution is 0.817. The van der Waals surface area contributed by atoms with Crippen molar-refractivity contribution in [1.29, 1.82) is 0 Å². The standard InChI is InChI=1S/C15H19BrN4/c1-4-20(5-2)15-17-11(3)9-14(19-15)18-13-8-6-7-12(16)10-13/h6-10H,4-5H2,1-3H3,(H,17,18,19). The fraction of sp³-hybridized carbons (Fsp3) is 0.333. The first kappa shape index (κ1) is 14.8. The average molecular weight is 335 g/mol. The van der Waals surface area contributed by atoms with Gasteiger partial charge in [-0.25, -0.2) is 4.98 Å². The molecule has 0 fully saturated rings. The maximum Gasteiger partial charge on any atom is 0.227 e. The number of nitrogens with one attached hydrogen (secondary N) is 1. The van der Waals surface area contributed by atoms with Gasteiger partial charge in [0.1, 0.15) is 5.82 Å². The molecule has 0 aliphatic rings. The first-order valence-corrected chi connectivity index (χ1v) is 7.55. The third-order valence-corrected chi connectivity index (χ3v) is 3.48. The number of aromatic nitrogens is 2. The van der Waals surface area contributed by atoms with E-state index < -0.39 is 0 Å². The summed E-state index contributed by atoms with van der Waals surface area (Å²) in [5, 5.41) is 3.32. The molecule has 1 aromatic carbocycles. The van der Waals surface area contributed by atoms with Crippen molar-refractivity contribution in [3.8, 4) is 0 Å². The largest absolute Gasteiger partial charge is 0.341 e. The fourth-order valence-corrected chi connectivity index (χ4v) is 2.38. The van der Waals surface area contributed by atoms with Gasteiger partial charge in [-0.1, -0.05) is 22.0 Å². The number of halogens is 1. The Hall–Kier alpha value is -1.62. The molecular formula is C15H19BrN4. The molecule has 2 rings (SSSR count). The molecule has 106 valence electrons.